The highest BCUT2D eigenvalue weighted by Gasteiger charge is 2.53. The third-order valence-electron chi connectivity index (χ3n) is 17.5. The van der Waals surface area contributed by atoms with Crippen LogP contribution < -0.4 is 10.6 Å². The second kappa shape index (κ2) is 35.1. The van der Waals surface area contributed by atoms with Gasteiger partial charge in [0.25, 0.3) is 0 Å². The number of sulfonamides is 2. The number of Topliss-reactive ketones (excluding diaryl/α,β-unsaturated/α-hetero) is 2. The first-order chi connectivity index (χ1) is 44.7. The summed E-state index contributed by atoms with van der Waals surface area (Å²) in [6, 6.07) is 35.6. The molecule has 4 bridgehead atoms. The fourth-order valence-electron chi connectivity index (χ4n) is 12.7. The first-order valence-corrected chi connectivity index (χ1v) is 34.4. The Hall–Kier alpha value is -7.11. The highest BCUT2D eigenvalue weighted by Crippen LogP contribution is 2.44. The third-order valence-corrected chi connectivity index (χ3v) is 21.4. The Morgan fingerprint density at radius 1 is 0.543 bits per heavy atom. The number of hydrogen-bond acceptors (Lipinski definition) is 12. The Morgan fingerprint density at radius 3 is 1.16 bits per heavy atom. The largest absolute Gasteiger partial charge is 0.480 e. The summed E-state index contributed by atoms with van der Waals surface area (Å²) in [6.07, 6.45) is 6.13. The summed E-state index contributed by atoms with van der Waals surface area (Å²) in [6.45, 7) is 11.1. The van der Waals surface area contributed by atoms with E-state index in [4.69, 9.17) is 40.8 Å². The van der Waals surface area contributed by atoms with E-state index in [2.05, 4.69) is 31.9 Å². The maximum absolute atomic E-state index is 13.8. The van der Waals surface area contributed by atoms with Gasteiger partial charge in [-0.15, -0.1) is 0 Å². The number of piperidine rings is 4. The minimum Gasteiger partial charge on any atom is -0.480 e. The Morgan fingerprint density at radius 2 is 0.872 bits per heavy atom. The number of aryl methyl sites for hydroxylation is 4. The summed E-state index contributed by atoms with van der Waals surface area (Å²) < 4.78 is 66.6. The molecule has 487 valence electrons. The standard InChI is InChI=1S/C30H35N3O5S.C29H33N3O5S.C6H10O2.CH4O.B7/c1-20-9-10-21(2)32(20)24-15-11-22(12-16-24)19-27(30(35)38-3)31-29(34)28-23-13-17-25(18-14-23)33(28)39(36,37)26-7-5-4-6-8-26;1-19-8-9-20(2)31(19)23-14-10-21(11-15-23)18-26(29(34)35)30-28(33)27-22-12-16-24(17-13-22)32(27)38(36,37)25-6-4-3-5-7-25;1-5(7)3-4-6(2)8;1-2;1-5-7(4)6(2)3/h4-12,15-16,23,25,27-28H,13-14,17-19H2,1-3H3,(H,31,34);3-11,14-15,22,24,26-27H,12-13,16-18H2,1-2H3,(H,30,33)(H,34,35);3-4H2,1-2H3;2H,1H3;/t23?,25?,27-,28?;22?,24?,26-,27?;;;/m00.../s1. The summed E-state index contributed by atoms with van der Waals surface area (Å²) in [4.78, 5) is 73.0. The number of amides is 2. The number of carboxylic acid groups (broad SMARTS) is 1. The van der Waals surface area contributed by atoms with Gasteiger partial charge in [-0.1, -0.05) is 60.7 Å². The maximum Gasteiger partial charge on any atom is 0.328 e. The molecule has 4 aromatic carbocycles. The molecule has 6 aliphatic rings. The number of carbonyl (C=O) groups excluding carboxylic acids is 5. The summed E-state index contributed by atoms with van der Waals surface area (Å²) in [5.74, 6) is -2.78. The van der Waals surface area contributed by atoms with Crippen LogP contribution in [0.5, 0.6) is 0 Å². The first-order valence-electron chi connectivity index (χ1n) is 31.5. The molecule has 6 heterocycles. The van der Waals surface area contributed by atoms with Gasteiger partial charge in [0.1, 0.15) is 35.7 Å². The number of carbonyl (C=O) groups is 6. The van der Waals surface area contributed by atoms with E-state index in [-0.39, 0.29) is 64.5 Å². The number of carboxylic acids is 1. The van der Waals surface area contributed by atoms with Gasteiger partial charge in [0, 0.05) is 130 Å². The molecule has 9 radical (unpaired) electrons. The molecule has 4 N–H and O–H groups in total. The van der Waals surface area contributed by atoms with Crippen molar-refractivity contribution in [3.8, 4) is 11.4 Å². The fourth-order valence-corrected chi connectivity index (χ4v) is 16.5. The molecule has 94 heavy (non-hydrogen) atoms. The van der Waals surface area contributed by atoms with Crippen molar-refractivity contribution in [1.82, 2.24) is 28.4 Å². The first kappa shape index (κ1) is 75.9. The number of ether oxygens (including phenoxy) is 1. The number of aliphatic hydroxyl groups excluding tert-OH is 1. The van der Waals surface area contributed by atoms with Crippen LogP contribution in [0.4, 0.5) is 0 Å². The number of esters is 1. The highest BCUT2D eigenvalue weighted by molar-refractivity contribution is 7.89. The van der Waals surface area contributed by atoms with Gasteiger partial charge in [0.15, 0.2) is 0 Å². The molecule has 4 atom stereocenters. The van der Waals surface area contributed by atoms with Crippen LogP contribution in [0.2, 0.25) is 0 Å². The summed E-state index contributed by atoms with van der Waals surface area (Å²) in [7, 11) is 16.1. The molecule has 4 aliphatic heterocycles. The molecule has 2 saturated carbocycles. The molecule has 6 fully saturated rings. The molecule has 28 heteroatoms. The number of fused-ring (bicyclic) bond motifs is 6. The number of methoxy groups -OCH3 is 1. The Kier molecular flexibility index (Phi) is 28.3. The number of rotatable bonds is 21. The second-order valence-electron chi connectivity index (χ2n) is 24.2. The molecule has 0 spiro atoms. The predicted molar refractivity (Wildman–Crippen MR) is 370 cm³/mol. The number of aliphatic hydroxyl groups is 1. The predicted octanol–water partition coefficient (Wildman–Crippen LogP) is 5.65. The van der Waals surface area contributed by atoms with Crippen LogP contribution in [0.1, 0.15) is 112 Å². The maximum atomic E-state index is 13.8. The third kappa shape index (κ3) is 19.3. The van der Waals surface area contributed by atoms with E-state index in [1.165, 1.54) is 48.8 Å². The monoisotopic (exact) mass is 1310 g/mol. The van der Waals surface area contributed by atoms with E-state index < -0.39 is 74.4 Å². The van der Waals surface area contributed by atoms with Crippen LogP contribution in [-0.4, -0.2) is 181 Å². The number of nitrogens with one attached hydrogen (secondary N) is 2. The van der Waals surface area contributed by atoms with Crippen LogP contribution in [0.3, 0.4) is 0 Å². The number of aliphatic carboxylic acids is 1. The van der Waals surface area contributed by atoms with Crippen LogP contribution in [0.25, 0.3) is 11.4 Å². The Labute approximate surface area is 561 Å². The molecule has 2 aliphatic carbocycles. The smallest absolute Gasteiger partial charge is 0.328 e. The van der Waals surface area contributed by atoms with E-state index in [1.54, 1.807) is 48.5 Å². The molecular formula is C66H82B7N6O13S2. The Bertz CT molecular complexity index is 3690. The molecule has 12 rings (SSSR count). The van der Waals surface area contributed by atoms with Crippen LogP contribution in [-0.2, 0) is 66.4 Å². The van der Waals surface area contributed by atoms with E-state index >= 15 is 0 Å². The lowest BCUT2D eigenvalue weighted by molar-refractivity contribution is -0.146. The van der Waals surface area contributed by atoms with Crippen molar-refractivity contribution in [2.24, 2.45) is 11.8 Å². The van der Waals surface area contributed by atoms with Crippen molar-refractivity contribution in [3.05, 3.63) is 167 Å². The lowest BCUT2D eigenvalue weighted by atomic mass is 8.76. The van der Waals surface area contributed by atoms with Gasteiger partial charge in [-0.05, 0) is 189 Å². The number of ketones is 2. The molecule has 2 amide bonds. The lowest BCUT2D eigenvalue weighted by Crippen LogP contribution is -2.63. The zero-order valence-electron chi connectivity index (χ0n) is 54.8. The fraction of sp³-hybridized carbons (Fsp3) is 0.424. The Balaban J connectivity index is 0.000000239. The average molecular weight is 1310 g/mol. The van der Waals surface area contributed by atoms with Crippen molar-refractivity contribution < 1.29 is 60.6 Å². The molecular weight excluding hydrogens is 1220 g/mol. The SMILES string of the molecule is CC(=O)CCC(C)=O.CO.COC(=O)[C@H](Cc1ccc(-n2c(C)ccc2C)cc1)NC(=O)C1C2CCC(CC2)N1S(=O)(=O)c1ccccc1.Cc1ccc(C)n1-c1ccc(C[C@H](NC(=O)C2C3CCC(CC3)N2S(=O)(=O)c2ccccc2)C(=O)O)cc1.[B][B]B([B])B([B])[B]. The number of hydrogen-bond donors (Lipinski definition) is 4. The van der Waals surface area contributed by atoms with Gasteiger partial charge in [0.05, 0.1) is 16.9 Å². The summed E-state index contributed by atoms with van der Waals surface area (Å²) >= 11 is 0. The van der Waals surface area contributed by atoms with Crippen LogP contribution >= 0.6 is 0 Å². The van der Waals surface area contributed by atoms with E-state index in [9.17, 15) is 50.7 Å². The number of aromatic nitrogens is 2. The van der Waals surface area contributed by atoms with Crippen LogP contribution in [0.15, 0.2) is 143 Å². The van der Waals surface area contributed by atoms with Gasteiger partial charge in [-0.25, -0.2) is 26.4 Å². The second-order valence-corrected chi connectivity index (χ2v) is 27.9. The normalized spacial score (nSPS) is 19.4. The van der Waals surface area contributed by atoms with E-state index in [0.717, 1.165) is 90.9 Å². The van der Waals surface area contributed by atoms with Crippen molar-refractivity contribution in [2.75, 3.05) is 14.2 Å². The van der Waals surface area contributed by atoms with Gasteiger partial charge in [-0.3, -0.25) is 9.59 Å². The van der Waals surface area contributed by atoms with Gasteiger partial charge < -0.3 is 44.3 Å². The van der Waals surface area contributed by atoms with E-state index in [1.807, 2.05) is 88.4 Å². The zero-order chi connectivity index (χ0) is 69.2. The van der Waals surface area contributed by atoms with Crippen molar-refractivity contribution in [3.63, 3.8) is 0 Å². The molecule has 4 saturated heterocycles. The molecule has 2 unspecified atom stereocenters. The topological polar surface area (TPSA) is 261 Å². The van der Waals surface area contributed by atoms with Crippen LogP contribution in [0, 0.1) is 39.5 Å². The van der Waals surface area contributed by atoms with Crippen molar-refractivity contribution in [1.29, 1.82) is 0 Å². The lowest BCUT2D eigenvalue weighted by Gasteiger charge is -2.49. The van der Waals surface area contributed by atoms with Gasteiger partial charge in [-0.2, -0.15) is 8.61 Å². The minimum absolute atomic E-state index is 0.0835. The number of benzene rings is 4. The molecule has 2 aromatic heterocycles. The van der Waals surface area contributed by atoms with Crippen molar-refractivity contribution in [2.45, 2.75) is 165 Å². The van der Waals surface area contributed by atoms with Gasteiger partial charge in [0.2, 0.25) is 31.9 Å². The summed E-state index contributed by atoms with van der Waals surface area (Å²) in [5.41, 5.74) is 8.06. The summed E-state index contributed by atoms with van der Waals surface area (Å²) in [5, 5.41) is 22.5. The van der Waals surface area contributed by atoms with Gasteiger partial charge >= 0.3 is 11.9 Å². The number of nitrogens with zero attached hydrogens (tertiary/aromatic N) is 4. The molecule has 6 aromatic rings. The average Bonchev–Trinajstić information content (AvgIpc) is 0.979. The quantitative estimate of drug-likeness (QED) is 0.0502. The minimum atomic E-state index is -3.91. The molecule has 19 nitrogen and oxygen atoms in total. The zero-order valence-corrected chi connectivity index (χ0v) is 56.5. The highest BCUT2D eigenvalue weighted by atomic mass is 32.2. The van der Waals surface area contributed by atoms with E-state index in [0.29, 0.717) is 25.7 Å². The van der Waals surface area contributed by atoms with Crippen molar-refractivity contribution >= 4 is 106 Å².